The minimum Gasteiger partial charge on any atom is -0.330 e. The molecule has 1 aromatic rings. The van der Waals surface area contributed by atoms with Crippen molar-refractivity contribution in [1.29, 1.82) is 0 Å². The Hall–Kier alpha value is -0.380. The summed E-state index contributed by atoms with van der Waals surface area (Å²) in [4.78, 5) is 2.92. The lowest BCUT2D eigenvalue weighted by Gasteiger charge is -2.16. The number of hydrogen-bond donors (Lipinski definition) is 2. The van der Waals surface area contributed by atoms with E-state index in [-0.39, 0.29) is 0 Å². The van der Waals surface area contributed by atoms with E-state index < -0.39 is 0 Å². The van der Waals surface area contributed by atoms with Gasteiger partial charge in [0.1, 0.15) is 0 Å². The topological polar surface area (TPSA) is 38.0 Å². The van der Waals surface area contributed by atoms with E-state index in [4.69, 9.17) is 5.73 Å². The first kappa shape index (κ1) is 15.7. The molecule has 0 aliphatic rings. The first-order chi connectivity index (χ1) is 8.65. The molecule has 0 spiro atoms. The third-order valence-corrected chi connectivity index (χ3v) is 4.46. The van der Waals surface area contributed by atoms with Gasteiger partial charge in [-0.05, 0) is 56.3 Å². The third-order valence-electron chi connectivity index (χ3n) is 3.23. The zero-order valence-electron chi connectivity index (χ0n) is 12.0. The van der Waals surface area contributed by atoms with Gasteiger partial charge in [-0.2, -0.15) is 0 Å². The fourth-order valence-corrected chi connectivity index (χ4v) is 3.15. The standard InChI is InChI=1S/C15H28N2S/c1-4-14-5-6-15(18-14)11-17-8-7-13(10-16)9-12(2)3/h5-6,12-13,17H,4,7-11,16H2,1-3H3. The van der Waals surface area contributed by atoms with Crippen molar-refractivity contribution in [3.05, 3.63) is 21.9 Å². The molecule has 0 fully saturated rings. The minimum atomic E-state index is 0.673. The van der Waals surface area contributed by atoms with Crippen molar-refractivity contribution >= 4 is 11.3 Å². The number of nitrogens with two attached hydrogens (primary N) is 1. The molecule has 1 aromatic heterocycles. The van der Waals surface area contributed by atoms with Crippen LogP contribution in [-0.2, 0) is 13.0 Å². The van der Waals surface area contributed by atoms with Crippen molar-refractivity contribution in [2.45, 2.75) is 46.6 Å². The fraction of sp³-hybridized carbons (Fsp3) is 0.733. The second kappa shape index (κ2) is 8.68. The lowest BCUT2D eigenvalue weighted by Crippen LogP contribution is -2.23. The van der Waals surface area contributed by atoms with Crippen LogP contribution in [0.15, 0.2) is 12.1 Å². The van der Waals surface area contributed by atoms with Crippen molar-refractivity contribution in [2.24, 2.45) is 17.6 Å². The molecule has 0 bridgehead atoms. The molecule has 0 aliphatic carbocycles. The van der Waals surface area contributed by atoms with Gasteiger partial charge in [0.25, 0.3) is 0 Å². The molecular formula is C15H28N2S. The number of aryl methyl sites for hydroxylation is 1. The van der Waals surface area contributed by atoms with Crippen LogP contribution in [0.25, 0.3) is 0 Å². The molecule has 0 aliphatic heterocycles. The monoisotopic (exact) mass is 268 g/mol. The molecule has 1 atom stereocenters. The van der Waals surface area contributed by atoms with E-state index in [9.17, 15) is 0 Å². The van der Waals surface area contributed by atoms with E-state index in [0.717, 1.165) is 32.0 Å². The van der Waals surface area contributed by atoms with Crippen molar-refractivity contribution in [3.63, 3.8) is 0 Å². The van der Waals surface area contributed by atoms with Crippen molar-refractivity contribution in [2.75, 3.05) is 13.1 Å². The Morgan fingerprint density at radius 3 is 2.56 bits per heavy atom. The van der Waals surface area contributed by atoms with Gasteiger partial charge in [0.15, 0.2) is 0 Å². The number of thiophene rings is 1. The summed E-state index contributed by atoms with van der Waals surface area (Å²) in [6.07, 6.45) is 3.59. The summed E-state index contributed by atoms with van der Waals surface area (Å²) in [6, 6.07) is 4.48. The summed E-state index contributed by atoms with van der Waals surface area (Å²) in [6.45, 7) is 9.65. The smallest absolute Gasteiger partial charge is 0.0299 e. The highest BCUT2D eigenvalue weighted by Crippen LogP contribution is 2.17. The van der Waals surface area contributed by atoms with Crippen LogP contribution < -0.4 is 11.1 Å². The Balaban J connectivity index is 2.17. The van der Waals surface area contributed by atoms with Crippen LogP contribution >= 0.6 is 11.3 Å². The highest BCUT2D eigenvalue weighted by atomic mass is 32.1. The Labute approximate surface area is 116 Å². The van der Waals surface area contributed by atoms with Gasteiger partial charge in [0.05, 0.1) is 0 Å². The van der Waals surface area contributed by atoms with Crippen LogP contribution in [0, 0.1) is 11.8 Å². The Bertz CT molecular complexity index is 320. The van der Waals surface area contributed by atoms with Crippen LogP contribution in [0.1, 0.15) is 43.4 Å². The summed E-state index contributed by atoms with van der Waals surface area (Å²) >= 11 is 1.92. The minimum absolute atomic E-state index is 0.673. The van der Waals surface area contributed by atoms with E-state index in [1.54, 1.807) is 0 Å². The Morgan fingerprint density at radius 2 is 2.00 bits per heavy atom. The second-order valence-corrected chi connectivity index (χ2v) is 6.67. The van der Waals surface area contributed by atoms with Gasteiger partial charge in [0, 0.05) is 16.3 Å². The normalized spacial score (nSPS) is 13.2. The average molecular weight is 268 g/mol. The Morgan fingerprint density at radius 1 is 1.28 bits per heavy atom. The summed E-state index contributed by atoms with van der Waals surface area (Å²) in [7, 11) is 0. The molecule has 1 unspecified atom stereocenters. The van der Waals surface area contributed by atoms with E-state index in [2.05, 4.69) is 38.2 Å². The molecule has 18 heavy (non-hydrogen) atoms. The largest absolute Gasteiger partial charge is 0.330 e. The van der Waals surface area contributed by atoms with Crippen molar-refractivity contribution in [3.8, 4) is 0 Å². The lowest BCUT2D eigenvalue weighted by atomic mass is 9.94. The van der Waals surface area contributed by atoms with Crippen molar-refractivity contribution in [1.82, 2.24) is 5.32 Å². The van der Waals surface area contributed by atoms with E-state index >= 15 is 0 Å². The lowest BCUT2D eigenvalue weighted by molar-refractivity contribution is 0.386. The molecule has 0 radical (unpaired) electrons. The first-order valence-corrected chi connectivity index (χ1v) is 7.95. The first-order valence-electron chi connectivity index (χ1n) is 7.14. The summed E-state index contributed by atoms with van der Waals surface area (Å²) in [5, 5.41) is 3.53. The highest BCUT2D eigenvalue weighted by Gasteiger charge is 2.08. The van der Waals surface area contributed by atoms with Gasteiger partial charge in [-0.15, -0.1) is 11.3 Å². The molecular weight excluding hydrogens is 240 g/mol. The molecule has 3 heteroatoms. The summed E-state index contributed by atoms with van der Waals surface area (Å²) < 4.78 is 0. The molecule has 104 valence electrons. The van der Waals surface area contributed by atoms with Crippen LogP contribution in [0.2, 0.25) is 0 Å². The second-order valence-electron chi connectivity index (χ2n) is 5.42. The number of nitrogens with one attached hydrogen (secondary N) is 1. The Kier molecular flexibility index (Phi) is 7.56. The van der Waals surface area contributed by atoms with Gasteiger partial charge >= 0.3 is 0 Å². The molecule has 1 heterocycles. The van der Waals surface area contributed by atoms with E-state index in [0.29, 0.717) is 5.92 Å². The van der Waals surface area contributed by atoms with Gasteiger partial charge in [0.2, 0.25) is 0 Å². The molecule has 1 rings (SSSR count). The van der Waals surface area contributed by atoms with Crippen LogP contribution in [0.3, 0.4) is 0 Å². The third kappa shape index (κ3) is 5.98. The van der Waals surface area contributed by atoms with Crippen LogP contribution in [-0.4, -0.2) is 13.1 Å². The number of rotatable bonds is 9. The molecule has 3 N–H and O–H groups in total. The number of hydrogen-bond acceptors (Lipinski definition) is 3. The predicted molar refractivity (Wildman–Crippen MR) is 82.0 cm³/mol. The maximum atomic E-state index is 5.81. The van der Waals surface area contributed by atoms with Crippen LogP contribution in [0.5, 0.6) is 0 Å². The molecule has 0 amide bonds. The molecule has 2 nitrogen and oxygen atoms in total. The zero-order chi connectivity index (χ0) is 13.4. The fourth-order valence-electron chi connectivity index (χ4n) is 2.22. The summed E-state index contributed by atoms with van der Waals surface area (Å²) in [5.74, 6) is 1.43. The maximum absolute atomic E-state index is 5.81. The van der Waals surface area contributed by atoms with Crippen LogP contribution in [0.4, 0.5) is 0 Å². The van der Waals surface area contributed by atoms with E-state index in [1.165, 1.54) is 22.6 Å². The highest BCUT2D eigenvalue weighted by molar-refractivity contribution is 7.11. The van der Waals surface area contributed by atoms with Gasteiger partial charge in [-0.3, -0.25) is 0 Å². The predicted octanol–water partition coefficient (Wildman–Crippen LogP) is 3.41. The van der Waals surface area contributed by atoms with Crippen molar-refractivity contribution < 1.29 is 0 Å². The van der Waals surface area contributed by atoms with Gasteiger partial charge < -0.3 is 11.1 Å². The zero-order valence-corrected chi connectivity index (χ0v) is 12.9. The SMILES string of the molecule is CCc1ccc(CNCCC(CN)CC(C)C)s1. The van der Waals surface area contributed by atoms with E-state index in [1.807, 2.05) is 11.3 Å². The summed E-state index contributed by atoms with van der Waals surface area (Å²) in [5.41, 5.74) is 5.81. The maximum Gasteiger partial charge on any atom is 0.0299 e. The molecule has 0 saturated carbocycles. The molecule has 0 aromatic carbocycles. The van der Waals surface area contributed by atoms with Gasteiger partial charge in [-0.1, -0.05) is 20.8 Å². The average Bonchev–Trinajstić information content (AvgIpc) is 2.80. The molecule has 0 saturated heterocycles. The van der Waals surface area contributed by atoms with Gasteiger partial charge in [-0.25, -0.2) is 0 Å². The quantitative estimate of drug-likeness (QED) is 0.674.